The molecule has 7 nitrogen and oxygen atoms in total. The lowest BCUT2D eigenvalue weighted by Crippen LogP contribution is -2.54. The predicted octanol–water partition coefficient (Wildman–Crippen LogP) is 1.98. The van der Waals surface area contributed by atoms with Crippen molar-refractivity contribution < 1.29 is 9.26 Å². The largest absolute Gasteiger partial charge is 0.381 e. The van der Waals surface area contributed by atoms with Crippen LogP contribution in [0.25, 0.3) is 0 Å². The van der Waals surface area contributed by atoms with Crippen LogP contribution in [0.2, 0.25) is 0 Å². The van der Waals surface area contributed by atoms with Crippen LogP contribution in [0.4, 0.5) is 0 Å². The van der Waals surface area contributed by atoms with Gasteiger partial charge in [0.05, 0.1) is 5.69 Å². The van der Waals surface area contributed by atoms with Gasteiger partial charge in [-0.1, -0.05) is 12.1 Å². The third-order valence-electron chi connectivity index (χ3n) is 5.37. The second kappa shape index (κ2) is 9.80. The Bertz CT molecular complexity index is 601. The molecule has 3 rings (SSSR count). The number of nitrogens with one attached hydrogen (secondary N) is 1. The Hall–Kier alpha value is -1.25. The van der Waals surface area contributed by atoms with Crippen molar-refractivity contribution in [3.8, 4) is 0 Å². The molecule has 0 radical (unpaired) electrons. The van der Waals surface area contributed by atoms with E-state index >= 15 is 0 Å². The van der Waals surface area contributed by atoms with Crippen molar-refractivity contribution in [3.05, 3.63) is 17.5 Å². The fourth-order valence-corrected chi connectivity index (χ4v) is 5.08. The van der Waals surface area contributed by atoms with Gasteiger partial charge in [0.1, 0.15) is 5.76 Å². The van der Waals surface area contributed by atoms with Crippen molar-refractivity contribution in [2.24, 2.45) is 4.99 Å². The smallest absolute Gasteiger partial charge is 0.193 e. The van der Waals surface area contributed by atoms with Crippen LogP contribution < -0.4 is 5.32 Å². The molecule has 2 fully saturated rings. The second-order valence-electron chi connectivity index (χ2n) is 7.32. The lowest BCUT2D eigenvalue weighted by atomic mass is 9.99. The van der Waals surface area contributed by atoms with Gasteiger partial charge in [-0.05, 0) is 25.5 Å². The molecule has 0 unspecified atom stereocenters. The Balaban J connectivity index is 1.48. The summed E-state index contributed by atoms with van der Waals surface area (Å²) in [6.45, 7) is 11.7. The first-order valence-electron chi connectivity index (χ1n) is 9.96. The number of thioether (sulfide) groups is 1. The quantitative estimate of drug-likeness (QED) is 0.583. The lowest BCUT2D eigenvalue weighted by molar-refractivity contribution is 0.0779. The molecule has 1 aromatic rings. The van der Waals surface area contributed by atoms with E-state index in [0.29, 0.717) is 0 Å². The van der Waals surface area contributed by atoms with E-state index in [2.05, 4.69) is 44.0 Å². The van der Waals surface area contributed by atoms with Crippen LogP contribution in [-0.2, 0) is 11.3 Å². The zero-order chi connectivity index (χ0) is 19.1. The van der Waals surface area contributed by atoms with Crippen molar-refractivity contribution in [2.75, 3.05) is 58.7 Å². The van der Waals surface area contributed by atoms with Gasteiger partial charge in [0, 0.05) is 70.3 Å². The molecule has 152 valence electrons. The Labute approximate surface area is 166 Å². The number of aliphatic imine (C=N–C) groups is 1. The number of hydrogen-bond donors (Lipinski definition) is 1. The van der Waals surface area contributed by atoms with Crippen LogP contribution in [0.5, 0.6) is 0 Å². The lowest BCUT2D eigenvalue weighted by Gasteiger charge is -2.40. The number of rotatable bonds is 6. The van der Waals surface area contributed by atoms with Crippen LogP contribution in [0.15, 0.2) is 15.6 Å². The van der Waals surface area contributed by atoms with Crippen molar-refractivity contribution in [1.82, 2.24) is 20.3 Å². The van der Waals surface area contributed by atoms with Gasteiger partial charge in [-0.3, -0.25) is 9.89 Å². The molecule has 1 aromatic heterocycles. The van der Waals surface area contributed by atoms with Crippen molar-refractivity contribution in [1.29, 1.82) is 0 Å². The molecule has 2 aliphatic heterocycles. The molecule has 0 saturated carbocycles. The predicted molar refractivity (Wildman–Crippen MR) is 110 cm³/mol. The summed E-state index contributed by atoms with van der Waals surface area (Å²) in [4.78, 5) is 9.34. The van der Waals surface area contributed by atoms with E-state index in [1.54, 1.807) is 0 Å². The summed E-state index contributed by atoms with van der Waals surface area (Å²) in [6.07, 6.45) is 2.22. The summed E-state index contributed by atoms with van der Waals surface area (Å²) in [5.74, 6) is 3.04. The maximum absolute atomic E-state index is 5.58. The highest BCUT2D eigenvalue weighted by Gasteiger charge is 2.33. The minimum absolute atomic E-state index is 0.273. The molecule has 2 saturated heterocycles. The first kappa shape index (κ1) is 20.5. The number of aryl methyl sites for hydroxylation is 1. The molecule has 1 N–H and O–H groups in total. The molecule has 27 heavy (non-hydrogen) atoms. The SMILES string of the molecule is CCSC1(CNC(=NC)N2CCN(Cc3cc(C)on3)CC2)CCOCC1. The first-order chi connectivity index (χ1) is 13.1. The van der Waals surface area contributed by atoms with E-state index in [0.717, 1.165) is 88.5 Å². The molecular weight excluding hydrogens is 362 g/mol. The van der Waals surface area contributed by atoms with Gasteiger partial charge in [-0.2, -0.15) is 11.8 Å². The fraction of sp³-hybridized carbons (Fsp3) is 0.789. The molecule has 0 spiro atoms. The summed E-state index contributed by atoms with van der Waals surface area (Å²) in [7, 11) is 1.89. The van der Waals surface area contributed by atoms with Gasteiger partial charge >= 0.3 is 0 Å². The number of hydrogen-bond acceptors (Lipinski definition) is 6. The molecule has 3 heterocycles. The standard InChI is InChI=1S/C19H33N5O2S/c1-4-27-19(5-11-25-12-6-19)15-21-18(20-3)24-9-7-23(8-10-24)14-17-13-16(2)26-22-17/h13H,4-12,14-15H2,1-3H3,(H,20,21). The summed E-state index contributed by atoms with van der Waals surface area (Å²) in [5, 5.41) is 7.76. The highest BCUT2D eigenvalue weighted by molar-refractivity contribution is 8.00. The van der Waals surface area contributed by atoms with E-state index in [4.69, 9.17) is 9.26 Å². The topological polar surface area (TPSA) is 66.1 Å². The van der Waals surface area contributed by atoms with E-state index in [1.165, 1.54) is 0 Å². The Morgan fingerprint density at radius 2 is 2.04 bits per heavy atom. The van der Waals surface area contributed by atoms with Gasteiger partial charge in [0.2, 0.25) is 0 Å². The molecule has 0 aromatic carbocycles. The van der Waals surface area contributed by atoms with Crippen LogP contribution in [0, 0.1) is 6.92 Å². The average molecular weight is 396 g/mol. The van der Waals surface area contributed by atoms with E-state index < -0.39 is 0 Å². The van der Waals surface area contributed by atoms with Crippen molar-refractivity contribution in [3.63, 3.8) is 0 Å². The molecule has 2 aliphatic rings. The van der Waals surface area contributed by atoms with Gasteiger partial charge in [-0.15, -0.1) is 0 Å². The molecule has 0 aliphatic carbocycles. The van der Waals surface area contributed by atoms with Crippen LogP contribution >= 0.6 is 11.8 Å². The molecule has 0 amide bonds. The van der Waals surface area contributed by atoms with Gasteiger partial charge < -0.3 is 19.5 Å². The van der Waals surface area contributed by atoms with Gasteiger partial charge in [0.25, 0.3) is 0 Å². The zero-order valence-corrected chi connectivity index (χ0v) is 17.7. The second-order valence-corrected chi connectivity index (χ2v) is 9.05. The number of ether oxygens (including phenoxy) is 1. The van der Waals surface area contributed by atoms with Crippen molar-refractivity contribution in [2.45, 2.75) is 38.0 Å². The number of aromatic nitrogens is 1. The maximum atomic E-state index is 5.58. The zero-order valence-electron chi connectivity index (χ0n) is 16.9. The Morgan fingerprint density at radius 1 is 1.30 bits per heavy atom. The fourth-order valence-electron chi connectivity index (χ4n) is 3.83. The highest BCUT2D eigenvalue weighted by atomic mass is 32.2. The third-order valence-corrected chi connectivity index (χ3v) is 6.82. The van der Waals surface area contributed by atoms with E-state index in [9.17, 15) is 0 Å². The molecule has 0 bridgehead atoms. The summed E-state index contributed by atoms with van der Waals surface area (Å²) < 4.78 is 11.0. The first-order valence-corrected chi connectivity index (χ1v) is 10.9. The summed E-state index contributed by atoms with van der Waals surface area (Å²) >= 11 is 2.06. The number of guanidine groups is 1. The maximum Gasteiger partial charge on any atom is 0.193 e. The minimum atomic E-state index is 0.273. The Kier molecular flexibility index (Phi) is 7.43. The normalized spacial score (nSPS) is 21.4. The highest BCUT2D eigenvalue weighted by Crippen LogP contribution is 2.34. The van der Waals surface area contributed by atoms with Crippen LogP contribution in [-0.4, -0.2) is 84.4 Å². The van der Waals surface area contributed by atoms with Gasteiger partial charge in [0.15, 0.2) is 5.96 Å². The molecular formula is C19H33N5O2S. The van der Waals surface area contributed by atoms with Crippen LogP contribution in [0.3, 0.4) is 0 Å². The number of piperazine rings is 1. The van der Waals surface area contributed by atoms with E-state index in [1.807, 2.05) is 20.0 Å². The van der Waals surface area contributed by atoms with Crippen molar-refractivity contribution >= 4 is 17.7 Å². The average Bonchev–Trinajstić information content (AvgIpc) is 3.09. The van der Waals surface area contributed by atoms with Gasteiger partial charge in [-0.25, -0.2) is 0 Å². The molecule has 8 heteroatoms. The Morgan fingerprint density at radius 3 is 2.63 bits per heavy atom. The van der Waals surface area contributed by atoms with E-state index in [-0.39, 0.29) is 4.75 Å². The molecule has 0 atom stereocenters. The monoisotopic (exact) mass is 395 g/mol. The minimum Gasteiger partial charge on any atom is -0.381 e. The summed E-state index contributed by atoms with van der Waals surface area (Å²) in [5.41, 5.74) is 1.02. The summed E-state index contributed by atoms with van der Waals surface area (Å²) in [6, 6.07) is 2.02. The third kappa shape index (κ3) is 5.62. The van der Waals surface area contributed by atoms with Crippen LogP contribution in [0.1, 0.15) is 31.2 Å². The number of nitrogens with zero attached hydrogens (tertiary/aromatic N) is 4.